The molecule has 2 aliphatic rings. The molecule has 98 valence electrons. The fraction of sp³-hybridized carbons (Fsp3) is 0.923. The largest absolute Gasteiger partial charge is 0.381 e. The summed E-state index contributed by atoms with van der Waals surface area (Å²) in [5, 5.41) is 3.08. The number of hydrogen-bond acceptors (Lipinski definition) is 3. The molecule has 1 amide bonds. The summed E-state index contributed by atoms with van der Waals surface area (Å²) in [5.74, 6) is 1.27. The fourth-order valence-electron chi connectivity index (χ4n) is 3.01. The lowest BCUT2D eigenvalue weighted by Crippen LogP contribution is -2.39. The highest BCUT2D eigenvalue weighted by molar-refractivity contribution is 5.79. The molecule has 0 bridgehead atoms. The monoisotopic (exact) mass is 240 g/mol. The highest BCUT2D eigenvalue weighted by atomic mass is 16.5. The van der Waals surface area contributed by atoms with Crippen LogP contribution in [-0.4, -0.2) is 32.2 Å². The topological polar surface area (TPSA) is 64.4 Å². The third-order valence-corrected chi connectivity index (χ3v) is 4.12. The van der Waals surface area contributed by atoms with Crippen molar-refractivity contribution in [3.8, 4) is 0 Å². The molecule has 2 rings (SSSR count). The molecule has 1 aliphatic heterocycles. The molecule has 1 saturated carbocycles. The molecular weight excluding hydrogens is 216 g/mol. The first-order valence-corrected chi connectivity index (χ1v) is 6.86. The smallest absolute Gasteiger partial charge is 0.223 e. The van der Waals surface area contributed by atoms with Crippen LogP contribution in [-0.2, 0) is 9.53 Å². The third kappa shape index (κ3) is 3.42. The molecule has 1 heterocycles. The van der Waals surface area contributed by atoms with Crippen LogP contribution in [0.15, 0.2) is 0 Å². The molecule has 0 aromatic carbocycles. The molecular formula is C13H24N2O2. The molecule has 4 nitrogen and oxygen atoms in total. The molecule has 0 aromatic heterocycles. The van der Waals surface area contributed by atoms with E-state index in [2.05, 4.69) is 5.32 Å². The Morgan fingerprint density at radius 1 is 1.29 bits per heavy atom. The van der Waals surface area contributed by atoms with Gasteiger partial charge in [-0.2, -0.15) is 0 Å². The van der Waals surface area contributed by atoms with E-state index >= 15 is 0 Å². The van der Waals surface area contributed by atoms with Crippen molar-refractivity contribution in [3.63, 3.8) is 0 Å². The normalized spacial score (nSPS) is 33.6. The molecule has 0 aromatic rings. The van der Waals surface area contributed by atoms with Crippen molar-refractivity contribution in [2.24, 2.45) is 23.5 Å². The standard InChI is InChI=1S/C13H24N2O2/c14-7-11-4-1-5-12(11)13(16)15-8-10-3-2-6-17-9-10/h10-12H,1-9,14H2,(H,15,16). The number of hydrogen-bond donors (Lipinski definition) is 2. The first kappa shape index (κ1) is 12.8. The maximum absolute atomic E-state index is 12.0. The second-order valence-corrected chi connectivity index (χ2v) is 5.36. The van der Waals surface area contributed by atoms with Gasteiger partial charge in [0.2, 0.25) is 5.91 Å². The summed E-state index contributed by atoms with van der Waals surface area (Å²) in [4.78, 5) is 12.0. The average Bonchev–Trinajstić information content (AvgIpc) is 2.85. The van der Waals surface area contributed by atoms with Gasteiger partial charge in [-0.15, -0.1) is 0 Å². The predicted octanol–water partition coefficient (Wildman–Crippen LogP) is 0.904. The molecule has 0 radical (unpaired) electrons. The zero-order valence-electron chi connectivity index (χ0n) is 10.5. The summed E-state index contributed by atoms with van der Waals surface area (Å²) in [6.45, 7) is 3.09. The number of carbonyl (C=O) groups is 1. The first-order chi connectivity index (χ1) is 8.31. The molecule has 17 heavy (non-hydrogen) atoms. The van der Waals surface area contributed by atoms with Crippen molar-refractivity contribution >= 4 is 5.91 Å². The predicted molar refractivity (Wildman–Crippen MR) is 66.4 cm³/mol. The number of nitrogens with one attached hydrogen (secondary N) is 1. The Hall–Kier alpha value is -0.610. The maximum Gasteiger partial charge on any atom is 0.223 e. The fourth-order valence-corrected chi connectivity index (χ4v) is 3.01. The van der Waals surface area contributed by atoms with Crippen molar-refractivity contribution in [3.05, 3.63) is 0 Å². The molecule has 4 heteroatoms. The van der Waals surface area contributed by atoms with E-state index in [1.54, 1.807) is 0 Å². The molecule has 1 saturated heterocycles. The Bertz CT molecular complexity index is 252. The van der Waals surface area contributed by atoms with Crippen LogP contribution >= 0.6 is 0 Å². The van der Waals surface area contributed by atoms with Gasteiger partial charge in [0.25, 0.3) is 0 Å². The average molecular weight is 240 g/mol. The number of nitrogens with two attached hydrogens (primary N) is 1. The van der Waals surface area contributed by atoms with E-state index in [1.165, 1.54) is 6.42 Å². The van der Waals surface area contributed by atoms with Crippen molar-refractivity contribution in [2.45, 2.75) is 32.1 Å². The van der Waals surface area contributed by atoms with E-state index in [0.29, 0.717) is 18.4 Å². The molecule has 0 spiro atoms. The van der Waals surface area contributed by atoms with E-state index < -0.39 is 0 Å². The Labute approximate surface area is 103 Å². The summed E-state index contributed by atoms with van der Waals surface area (Å²) < 4.78 is 5.41. The van der Waals surface area contributed by atoms with Crippen LogP contribution in [0.1, 0.15) is 32.1 Å². The van der Waals surface area contributed by atoms with Crippen molar-refractivity contribution in [1.29, 1.82) is 0 Å². The number of rotatable bonds is 4. The lowest BCUT2D eigenvalue weighted by molar-refractivity contribution is -0.126. The quantitative estimate of drug-likeness (QED) is 0.767. The molecule has 3 unspecified atom stereocenters. The van der Waals surface area contributed by atoms with E-state index in [4.69, 9.17) is 10.5 Å². The van der Waals surface area contributed by atoms with Gasteiger partial charge in [0.05, 0.1) is 6.61 Å². The third-order valence-electron chi connectivity index (χ3n) is 4.12. The Kier molecular flexibility index (Phi) is 4.80. The second kappa shape index (κ2) is 6.36. The molecule has 3 N–H and O–H groups in total. The molecule has 2 fully saturated rings. The van der Waals surface area contributed by atoms with Crippen LogP contribution in [0.2, 0.25) is 0 Å². The zero-order chi connectivity index (χ0) is 12.1. The Morgan fingerprint density at radius 3 is 2.88 bits per heavy atom. The van der Waals surface area contributed by atoms with Gasteiger partial charge in [-0.3, -0.25) is 4.79 Å². The molecule has 1 aliphatic carbocycles. The minimum absolute atomic E-state index is 0.157. The lowest BCUT2D eigenvalue weighted by Gasteiger charge is -2.24. The lowest BCUT2D eigenvalue weighted by atomic mass is 9.95. The minimum Gasteiger partial charge on any atom is -0.381 e. The van der Waals surface area contributed by atoms with Gasteiger partial charge in [0.1, 0.15) is 0 Å². The zero-order valence-corrected chi connectivity index (χ0v) is 10.5. The van der Waals surface area contributed by atoms with Crippen LogP contribution in [0.5, 0.6) is 0 Å². The van der Waals surface area contributed by atoms with Gasteiger partial charge in [-0.05, 0) is 44.1 Å². The van der Waals surface area contributed by atoms with Crippen LogP contribution < -0.4 is 11.1 Å². The summed E-state index contributed by atoms with van der Waals surface area (Å²) in [5.41, 5.74) is 5.70. The summed E-state index contributed by atoms with van der Waals surface area (Å²) in [6, 6.07) is 0. The molecule has 3 atom stereocenters. The van der Waals surface area contributed by atoms with Crippen LogP contribution in [0.4, 0.5) is 0 Å². The van der Waals surface area contributed by atoms with Crippen LogP contribution in [0.25, 0.3) is 0 Å². The minimum atomic E-state index is 0.157. The van der Waals surface area contributed by atoms with E-state index in [1.807, 2.05) is 0 Å². The van der Waals surface area contributed by atoms with Crippen LogP contribution in [0, 0.1) is 17.8 Å². The maximum atomic E-state index is 12.0. The van der Waals surface area contributed by atoms with E-state index in [9.17, 15) is 4.79 Å². The first-order valence-electron chi connectivity index (χ1n) is 6.86. The Balaban J connectivity index is 1.72. The van der Waals surface area contributed by atoms with E-state index in [0.717, 1.165) is 45.4 Å². The van der Waals surface area contributed by atoms with Gasteiger partial charge < -0.3 is 15.8 Å². The highest BCUT2D eigenvalue weighted by Crippen LogP contribution is 2.31. The van der Waals surface area contributed by atoms with Gasteiger partial charge >= 0.3 is 0 Å². The van der Waals surface area contributed by atoms with E-state index in [-0.39, 0.29) is 11.8 Å². The van der Waals surface area contributed by atoms with Gasteiger partial charge in [-0.1, -0.05) is 6.42 Å². The number of ether oxygens (including phenoxy) is 1. The summed E-state index contributed by atoms with van der Waals surface area (Å²) in [7, 11) is 0. The van der Waals surface area contributed by atoms with Gasteiger partial charge in [-0.25, -0.2) is 0 Å². The Morgan fingerprint density at radius 2 is 2.18 bits per heavy atom. The summed E-state index contributed by atoms with van der Waals surface area (Å²) >= 11 is 0. The van der Waals surface area contributed by atoms with Crippen molar-refractivity contribution in [1.82, 2.24) is 5.32 Å². The van der Waals surface area contributed by atoms with Crippen molar-refractivity contribution in [2.75, 3.05) is 26.3 Å². The van der Waals surface area contributed by atoms with Crippen LogP contribution in [0.3, 0.4) is 0 Å². The summed E-state index contributed by atoms with van der Waals surface area (Å²) in [6.07, 6.45) is 5.56. The van der Waals surface area contributed by atoms with Crippen molar-refractivity contribution < 1.29 is 9.53 Å². The second-order valence-electron chi connectivity index (χ2n) is 5.36. The van der Waals surface area contributed by atoms with Gasteiger partial charge in [0, 0.05) is 19.1 Å². The highest BCUT2D eigenvalue weighted by Gasteiger charge is 2.32. The number of amides is 1. The number of carbonyl (C=O) groups excluding carboxylic acids is 1. The SMILES string of the molecule is NCC1CCCC1C(=O)NCC1CCCOC1. The van der Waals surface area contributed by atoms with Gasteiger partial charge in [0.15, 0.2) is 0 Å².